The van der Waals surface area contributed by atoms with E-state index in [1.165, 1.54) is 18.3 Å². The SMILES string of the molecule is [C-]#[N+]c1ccc(-c2cnc(N)nn2)cc1F. The van der Waals surface area contributed by atoms with Crippen LogP contribution in [-0.2, 0) is 0 Å². The molecule has 78 valence electrons. The molecule has 0 aliphatic carbocycles. The summed E-state index contributed by atoms with van der Waals surface area (Å²) in [5.41, 5.74) is 6.17. The molecule has 2 N–H and O–H groups in total. The Labute approximate surface area is 90.6 Å². The molecule has 0 unspecified atom stereocenters. The maximum absolute atomic E-state index is 13.3. The molecule has 1 aromatic heterocycles. The molecular formula is C10H6FN5. The number of anilines is 1. The van der Waals surface area contributed by atoms with Crippen molar-refractivity contribution in [3.63, 3.8) is 0 Å². The number of aromatic nitrogens is 3. The molecule has 0 aliphatic heterocycles. The Morgan fingerprint density at radius 2 is 2.12 bits per heavy atom. The molecule has 1 heterocycles. The summed E-state index contributed by atoms with van der Waals surface area (Å²) in [6.45, 7) is 6.72. The lowest BCUT2D eigenvalue weighted by Gasteiger charge is -2.00. The zero-order valence-electron chi connectivity index (χ0n) is 8.05. The Balaban J connectivity index is 2.46. The largest absolute Gasteiger partial charge is 0.366 e. The lowest BCUT2D eigenvalue weighted by atomic mass is 10.1. The van der Waals surface area contributed by atoms with Gasteiger partial charge in [-0.05, 0) is 6.07 Å². The van der Waals surface area contributed by atoms with Crippen LogP contribution in [-0.4, -0.2) is 15.2 Å². The van der Waals surface area contributed by atoms with Crippen LogP contribution in [0, 0.1) is 12.4 Å². The molecule has 0 spiro atoms. The fraction of sp³-hybridized carbons (Fsp3) is 0. The molecule has 0 saturated heterocycles. The van der Waals surface area contributed by atoms with Gasteiger partial charge in [0, 0.05) is 5.56 Å². The summed E-state index contributed by atoms with van der Waals surface area (Å²) in [6, 6.07) is 4.18. The number of benzene rings is 1. The first kappa shape index (κ1) is 9.98. The molecule has 0 radical (unpaired) electrons. The molecular weight excluding hydrogens is 209 g/mol. The van der Waals surface area contributed by atoms with Crippen LogP contribution in [0.5, 0.6) is 0 Å². The van der Waals surface area contributed by atoms with Gasteiger partial charge in [-0.1, -0.05) is 12.1 Å². The van der Waals surface area contributed by atoms with E-state index in [1.54, 1.807) is 6.07 Å². The van der Waals surface area contributed by atoms with Crippen molar-refractivity contribution in [1.82, 2.24) is 15.2 Å². The van der Waals surface area contributed by atoms with E-state index in [0.29, 0.717) is 11.3 Å². The van der Waals surface area contributed by atoms with E-state index in [0.717, 1.165) is 0 Å². The van der Waals surface area contributed by atoms with Gasteiger partial charge in [-0.3, -0.25) is 0 Å². The normalized spacial score (nSPS) is 9.75. The van der Waals surface area contributed by atoms with Crippen LogP contribution >= 0.6 is 0 Å². The van der Waals surface area contributed by atoms with Gasteiger partial charge in [0.05, 0.1) is 12.8 Å². The lowest BCUT2D eigenvalue weighted by molar-refractivity contribution is 0.634. The second-order valence-electron chi connectivity index (χ2n) is 2.98. The van der Waals surface area contributed by atoms with Crippen LogP contribution < -0.4 is 5.73 Å². The predicted molar refractivity (Wildman–Crippen MR) is 55.9 cm³/mol. The van der Waals surface area contributed by atoms with Crippen LogP contribution in [0.3, 0.4) is 0 Å². The molecule has 0 aliphatic rings. The van der Waals surface area contributed by atoms with Gasteiger partial charge in [0.1, 0.15) is 11.5 Å². The Kier molecular flexibility index (Phi) is 2.44. The van der Waals surface area contributed by atoms with Crippen molar-refractivity contribution in [2.24, 2.45) is 0 Å². The highest BCUT2D eigenvalue weighted by Crippen LogP contribution is 2.23. The number of nitrogen functional groups attached to an aromatic ring is 1. The molecule has 1 aromatic carbocycles. The minimum Gasteiger partial charge on any atom is -0.366 e. The third-order valence-electron chi connectivity index (χ3n) is 1.94. The zero-order chi connectivity index (χ0) is 11.5. The summed E-state index contributed by atoms with van der Waals surface area (Å²) in [6.07, 6.45) is 1.40. The summed E-state index contributed by atoms with van der Waals surface area (Å²) in [7, 11) is 0. The topological polar surface area (TPSA) is 69.0 Å². The van der Waals surface area contributed by atoms with Crippen LogP contribution in [0.1, 0.15) is 0 Å². The second kappa shape index (κ2) is 3.90. The van der Waals surface area contributed by atoms with Gasteiger partial charge in [-0.2, -0.15) is 0 Å². The van der Waals surface area contributed by atoms with Crippen LogP contribution in [0.2, 0.25) is 0 Å². The Hall–Kier alpha value is -2.55. The van der Waals surface area contributed by atoms with Gasteiger partial charge in [-0.25, -0.2) is 14.2 Å². The van der Waals surface area contributed by atoms with Crippen molar-refractivity contribution in [3.05, 3.63) is 41.6 Å². The van der Waals surface area contributed by atoms with Crippen molar-refractivity contribution >= 4 is 11.6 Å². The average molecular weight is 215 g/mol. The monoisotopic (exact) mass is 215 g/mol. The van der Waals surface area contributed by atoms with Crippen molar-refractivity contribution < 1.29 is 4.39 Å². The highest BCUT2D eigenvalue weighted by molar-refractivity contribution is 5.62. The smallest absolute Gasteiger partial charge is 0.240 e. The number of hydrogen-bond donors (Lipinski definition) is 1. The van der Waals surface area contributed by atoms with Gasteiger partial charge in [0.15, 0.2) is 0 Å². The second-order valence-corrected chi connectivity index (χ2v) is 2.98. The number of rotatable bonds is 1. The molecule has 0 amide bonds. The van der Waals surface area contributed by atoms with E-state index in [9.17, 15) is 4.39 Å². The van der Waals surface area contributed by atoms with Crippen LogP contribution in [0.25, 0.3) is 16.1 Å². The van der Waals surface area contributed by atoms with Gasteiger partial charge in [0.2, 0.25) is 11.6 Å². The summed E-state index contributed by atoms with van der Waals surface area (Å²) in [5, 5.41) is 7.32. The van der Waals surface area contributed by atoms with Crippen molar-refractivity contribution in [3.8, 4) is 11.3 Å². The molecule has 0 atom stereocenters. The molecule has 2 rings (SSSR count). The number of nitrogens with zero attached hydrogens (tertiary/aromatic N) is 4. The highest BCUT2D eigenvalue weighted by Gasteiger charge is 2.06. The maximum Gasteiger partial charge on any atom is 0.240 e. The zero-order valence-corrected chi connectivity index (χ0v) is 8.05. The number of hydrogen-bond acceptors (Lipinski definition) is 4. The van der Waals surface area contributed by atoms with E-state index in [-0.39, 0.29) is 11.6 Å². The van der Waals surface area contributed by atoms with E-state index in [1.807, 2.05) is 0 Å². The van der Waals surface area contributed by atoms with E-state index in [4.69, 9.17) is 12.3 Å². The quantitative estimate of drug-likeness (QED) is 0.736. The van der Waals surface area contributed by atoms with E-state index < -0.39 is 5.82 Å². The van der Waals surface area contributed by atoms with Crippen LogP contribution in [0.4, 0.5) is 16.0 Å². The first-order valence-electron chi connectivity index (χ1n) is 4.33. The third kappa shape index (κ3) is 1.79. The van der Waals surface area contributed by atoms with Gasteiger partial charge in [0.25, 0.3) is 0 Å². The lowest BCUT2D eigenvalue weighted by Crippen LogP contribution is -1.97. The molecule has 16 heavy (non-hydrogen) atoms. The number of halogens is 1. The first-order valence-corrected chi connectivity index (χ1v) is 4.33. The Morgan fingerprint density at radius 1 is 1.31 bits per heavy atom. The molecule has 2 aromatic rings. The average Bonchev–Trinajstić information content (AvgIpc) is 2.30. The maximum atomic E-state index is 13.3. The molecule has 5 nitrogen and oxygen atoms in total. The minimum atomic E-state index is -0.592. The summed E-state index contributed by atoms with van der Waals surface area (Å²) < 4.78 is 13.3. The van der Waals surface area contributed by atoms with Crippen LogP contribution in [0.15, 0.2) is 24.4 Å². The van der Waals surface area contributed by atoms with Gasteiger partial charge >= 0.3 is 0 Å². The summed E-state index contributed by atoms with van der Waals surface area (Å²) in [4.78, 5) is 6.77. The Morgan fingerprint density at radius 3 is 2.69 bits per heavy atom. The molecule has 0 saturated carbocycles. The van der Waals surface area contributed by atoms with Gasteiger partial charge < -0.3 is 5.73 Å². The Bertz CT molecular complexity index is 558. The molecule has 0 bridgehead atoms. The summed E-state index contributed by atoms with van der Waals surface area (Å²) in [5.74, 6) is -0.534. The highest BCUT2D eigenvalue weighted by atomic mass is 19.1. The number of nitrogens with two attached hydrogens (primary N) is 1. The van der Waals surface area contributed by atoms with Crippen molar-refractivity contribution in [2.75, 3.05) is 5.73 Å². The third-order valence-corrected chi connectivity index (χ3v) is 1.94. The summed E-state index contributed by atoms with van der Waals surface area (Å²) >= 11 is 0. The van der Waals surface area contributed by atoms with Crippen molar-refractivity contribution in [2.45, 2.75) is 0 Å². The fourth-order valence-corrected chi connectivity index (χ4v) is 1.17. The standard InChI is InChI=1S/C10H6FN5/c1-13-8-3-2-6(4-7(8)11)9-5-14-10(12)16-15-9/h2-5H,(H2,12,14,16). The minimum absolute atomic E-state index is 0.0277. The molecule has 6 heteroatoms. The van der Waals surface area contributed by atoms with E-state index in [2.05, 4.69) is 20.0 Å². The predicted octanol–water partition coefficient (Wildman–Crippen LogP) is 1.81. The van der Waals surface area contributed by atoms with Gasteiger partial charge in [-0.15, -0.1) is 10.2 Å². The fourth-order valence-electron chi connectivity index (χ4n) is 1.17. The first-order chi connectivity index (χ1) is 7.70. The molecule has 0 fully saturated rings. The van der Waals surface area contributed by atoms with Crippen molar-refractivity contribution in [1.29, 1.82) is 0 Å². The van der Waals surface area contributed by atoms with E-state index >= 15 is 0 Å².